The van der Waals surface area contributed by atoms with Crippen molar-refractivity contribution in [1.82, 2.24) is 4.90 Å². The Morgan fingerprint density at radius 3 is 2.59 bits per heavy atom. The maximum absolute atomic E-state index is 11.5. The van der Waals surface area contributed by atoms with Crippen LogP contribution in [0.3, 0.4) is 0 Å². The molecule has 98 valence electrons. The Hall–Kier alpha value is -1.10. The Morgan fingerprint density at radius 2 is 2.00 bits per heavy atom. The van der Waals surface area contributed by atoms with Crippen molar-refractivity contribution in [3.8, 4) is 0 Å². The summed E-state index contributed by atoms with van der Waals surface area (Å²) < 4.78 is 0. The number of likely N-dealkylation sites (tertiary alicyclic amines) is 1. The standard InChI is InChI=1S/C12H21NO4/c14-9-10-7-11(15)13(8-10)6-4-2-1-3-5-12(16)17/h10,14H,1-9H2,(H,16,17). The zero-order valence-corrected chi connectivity index (χ0v) is 10.1. The van der Waals surface area contributed by atoms with Gasteiger partial charge in [0.1, 0.15) is 0 Å². The van der Waals surface area contributed by atoms with Crippen LogP contribution < -0.4 is 0 Å². The van der Waals surface area contributed by atoms with Gasteiger partial charge in [0.25, 0.3) is 0 Å². The van der Waals surface area contributed by atoms with E-state index in [1.807, 2.05) is 0 Å². The van der Waals surface area contributed by atoms with Gasteiger partial charge in [-0.15, -0.1) is 0 Å². The molecule has 1 fully saturated rings. The number of hydrogen-bond acceptors (Lipinski definition) is 3. The molecule has 17 heavy (non-hydrogen) atoms. The van der Waals surface area contributed by atoms with Crippen molar-refractivity contribution in [2.75, 3.05) is 19.7 Å². The van der Waals surface area contributed by atoms with Crippen LogP contribution in [0.2, 0.25) is 0 Å². The molecular formula is C12H21NO4. The minimum Gasteiger partial charge on any atom is -0.481 e. The van der Waals surface area contributed by atoms with Gasteiger partial charge in [0.15, 0.2) is 0 Å². The van der Waals surface area contributed by atoms with Crippen LogP contribution in [-0.2, 0) is 9.59 Å². The molecule has 1 aliphatic rings. The van der Waals surface area contributed by atoms with E-state index >= 15 is 0 Å². The quantitative estimate of drug-likeness (QED) is 0.620. The summed E-state index contributed by atoms with van der Waals surface area (Å²) in [6.45, 7) is 1.49. The summed E-state index contributed by atoms with van der Waals surface area (Å²) in [6, 6.07) is 0. The van der Waals surface area contributed by atoms with Crippen LogP contribution in [0, 0.1) is 5.92 Å². The summed E-state index contributed by atoms with van der Waals surface area (Å²) in [5.41, 5.74) is 0. The second-order valence-corrected chi connectivity index (χ2v) is 4.65. The van der Waals surface area contributed by atoms with Gasteiger partial charge in [-0.05, 0) is 12.8 Å². The predicted octanol–water partition coefficient (Wildman–Crippen LogP) is 0.862. The predicted molar refractivity (Wildman–Crippen MR) is 62.5 cm³/mol. The Kier molecular flexibility index (Phi) is 5.97. The molecular weight excluding hydrogens is 222 g/mol. The highest BCUT2D eigenvalue weighted by Crippen LogP contribution is 2.17. The maximum Gasteiger partial charge on any atom is 0.303 e. The van der Waals surface area contributed by atoms with Gasteiger partial charge in [-0.3, -0.25) is 9.59 Å². The molecule has 2 N–H and O–H groups in total. The van der Waals surface area contributed by atoms with Gasteiger partial charge in [-0.1, -0.05) is 12.8 Å². The number of unbranched alkanes of at least 4 members (excludes halogenated alkanes) is 3. The van der Waals surface area contributed by atoms with Crippen molar-refractivity contribution >= 4 is 11.9 Å². The van der Waals surface area contributed by atoms with Gasteiger partial charge in [0, 0.05) is 38.5 Å². The summed E-state index contributed by atoms with van der Waals surface area (Å²) in [7, 11) is 0. The van der Waals surface area contributed by atoms with Crippen molar-refractivity contribution in [3.63, 3.8) is 0 Å². The first-order valence-electron chi connectivity index (χ1n) is 6.24. The van der Waals surface area contributed by atoms with Crippen LogP contribution in [0.15, 0.2) is 0 Å². The molecule has 1 unspecified atom stereocenters. The van der Waals surface area contributed by atoms with Crippen molar-refractivity contribution in [3.05, 3.63) is 0 Å². The highest BCUT2D eigenvalue weighted by molar-refractivity contribution is 5.78. The zero-order valence-electron chi connectivity index (χ0n) is 10.1. The third kappa shape index (κ3) is 5.17. The Labute approximate surface area is 101 Å². The first kappa shape index (κ1) is 14.0. The molecule has 5 heteroatoms. The molecule has 1 amide bonds. The number of carboxylic acids is 1. The van der Waals surface area contributed by atoms with Gasteiger partial charge in [0.05, 0.1) is 0 Å². The van der Waals surface area contributed by atoms with Crippen LogP contribution in [-0.4, -0.2) is 46.7 Å². The van der Waals surface area contributed by atoms with Crippen molar-refractivity contribution < 1.29 is 19.8 Å². The van der Waals surface area contributed by atoms with Gasteiger partial charge >= 0.3 is 5.97 Å². The van der Waals surface area contributed by atoms with E-state index in [0.717, 1.165) is 25.8 Å². The van der Waals surface area contributed by atoms with Gasteiger partial charge in [-0.25, -0.2) is 0 Å². The number of aliphatic hydroxyl groups excluding tert-OH is 1. The van der Waals surface area contributed by atoms with Crippen molar-refractivity contribution in [2.45, 2.75) is 38.5 Å². The average molecular weight is 243 g/mol. The fourth-order valence-electron chi connectivity index (χ4n) is 2.12. The molecule has 0 aromatic heterocycles. The van der Waals surface area contributed by atoms with Gasteiger partial charge < -0.3 is 15.1 Å². The summed E-state index contributed by atoms with van der Waals surface area (Å²) in [4.78, 5) is 23.6. The first-order chi connectivity index (χ1) is 8.13. The van der Waals surface area contributed by atoms with E-state index in [1.165, 1.54) is 0 Å². The normalized spacial score (nSPS) is 19.9. The first-order valence-corrected chi connectivity index (χ1v) is 6.24. The monoisotopic (exact) mass is 243 g/mol. The highest BCUT2D eigenvalue weighted by atomic mass is 16.4. The molecule has 1 aliphatic heterocycles. The lowest BCUT2D eigenvalue weighted by molar-refractivity contribution is -0.137. The molecule has 0 radical (unpaired) electrons. The van der Waals surface area contributed by atoms with Crippen LogP contribution in [0.25, 0.3) is 0 Å². The summed E-state index contributed by atoms with van der Waals surface area (Å²) >= 11 is 0. The van der Waals surface area contributed by atoms with Crippen LogP contribution in [0.4, 0.5) is 0 Å². The summed E-state index contributed by atoms with van der Waals surface area (Å²) in [5, 5.41) is 17.4. The molecule has 0 aromatic rings. The molecule has 1 heterocycles. The number of amides is 1. The van der Waals surface area contributed by atoms with E-state index in [9.17, 15) is 9.59 Å². The van der Waals surface area contributed by atoms with E-state index in [1.54, 1.807) is 4.90 Å². The van der Waals surface area contributed by atoms with E-state index in [2.05, 4.69) is 0 Å². The van der Waals surface area contributed by atoms with E-state index in [0.29, 0.717) is 19.4 Å². The minimum atomic E-state index is -0.745. The third-order valence-corrected chi connectivity index (χ3v) is 3.12. The molecule has 0 aromatic carbocycles. The fourth-order valence-corrected chi connectivity index (χ4v) is 2.12. The van der Waals surface area contributed by atoms with E-state index in [-0.39, 0.29) is 24.9 Å². The number of nitrogens with zero attached hydrogens (tertiary/aromatic N) is 1. The number of hydrogen-bond donors (Lipinski definition) is 2. The lowest BCUT2D eigenvalue weighted by atomic mass is 10.1. The molecule has 0 bridgehead atoms. The topological polar surface area (TPSA) is 77.8 Å². The number of carboxylic acid groups (broad SMARTS) is 1. The van der Waals surface area contributed by atoms with E-state index < -0.39 is 5.97 Å². The van der Waals surface area contributed by atoms with Crippen LogP contribution >= 0.6 is 0 Å². The number of carbonyl (C=O) groups is 2. The largest absolute Gasteiger partial charge is 0.481 e. The molecule has 1 atom stereocenters. The van der Waals surface area contributed by atoms with Gasteiger partial charge in [0.2, 0.25) is 5.91 Å². The number of aliphatic hydroxyl groups is 1. The van der Waals surface area contributed by atoms with Crippen molar-refractivity contribution in [2.24, 2.45) is 5.92 Å². The highest BCUT2D eigenvalue weighted by Gasteiger charge is 2.28. The smallest absolute Gasteiger partial charge is 0.303 e. The molecule has 0 spiro atoms. The lowest BCUT2D eigenvalue weighted by Crippen LogP contribution is -2.26. The zero-order chi connectivity index (χ0) is 12.7. The SMILES string of the molecule is O=C(O)CCCCCCN1CC(CO)CC1=O. The van der Waals surface area contributed by atoms with Crippen molar-refractivity contribution in [1.29, 1.82) is 0 Å². The van der Waals surface area contributed by atoms with Crippen LogP contribution in [0.5, 0.6) is 0 Å². The Bertz CT molecular complexity index is 267. The second-order valence-electron chi connectivity index (χ2n) is 4.65. The maximum atomic E-state index is 11.5. The molecule has 0 aliphatic carbocycles. The number of rotatable bonds is 8. The van der Waals surface area contributed by atoms with E-state index in [4.69, 9.17) is 10.2 Å². The molecule has 1 saturated heterocycles. The minimum absolute atomic E-state index is 0.0842. The fraction of sp³-hybridized carbons (Fsp3) is 0.833. The molecule has 0 saturated carbocycles. The van der Waals surface area contributed by atoms with Crippen LogP contribution in [0.1, 0.15) is 38.5 Å². The summed E-state index contributed by atoms with van der Waals surface area (Å²) in [6.07, 6.45) is 4.19. The second kappa shape index (κ2) is 7.27. The number of carbonyl (C=O) groups excluding carboxylic acids is 1. The third-order valence-electron chi connectivity index (χ3n) is 3.12. The Morgan fingerprint density at radius 1 is 1.29 bits per heavy atom. The summed E-state index contributed by atoms with van der Waals surface area (Å²) in [5.74, 6) is -0.505. The molecule has 5 nitrogen and oxygen atoms in total. The number of aliphatic carboxylic acids is 1. The lowest BCUT2D eigenvalue weighted by Gasteiger charge is -2.15. The molecule has 1 rings (SSSR count). The van der Waals surface area contributed by atoms with Gasteiger partial charge in [-0.2, -0.15) is 0 Å². The average Bonchev–Trinajstić information content (AvgIpc) is 2.64. The Balaban J connectivity index is 2.03.